The zero-order chi connectivity index (χ0) is 17.9. The van der Waals surface area contributed by atoms with Crippen LogP contribution in [0.2, 0.25) is 0 Å². The molecule has 132 valence electrons. The highest BCUT2D eigenvalue weighted by molar-refractivity contribution is 5.79. The molecule has 1 unspecified atom stereocenters. The predicted octanol–water partition coefficient (Wildman–Crippen LogP) is 2.82. The van der Waals surface area contributed by atoms with Gasteiger partial charge in [0.1, 0.15) is 0 Å². The number of alkyl halides is 3. The number of nitrogens with zero attached hydrogens (tertiary/aromatic N) is 2. The van der Waals surface area contributed by atoms with E-state index in [1.54, 1.807) is 29.4 Å². The van der Waals surface area contributed by atoms with Crippen LogP contribution in [0, 0.1) is 0 Å². The van der Waals surface area contributed by atoms with Crippen LogP contribution in [-0.2, 0) is 17.4 Å². The Labute approximate surface area is 143 Å². The summed E-state index contributed by atoms with van der Waals surface area (Å²) in [7, 11) is 0. The molecule has 0 saturated carbocycles. The van der Waals surface area contributed by atoms with Crippen LogP contribution >= 0.6 is 0 Å². The predicted molar refractivity (Wildman–Crippen MR) is 86.7 cm³/mol. The third kappa shape index (κ3) is 4.17. The van der Waals surface area contributed by atoms with Gasteiger partial charge in [-0.2, -0.15) is 13.2 Å². The number of benzene rings is 1. The minimum Gasteiger partial charge on any atom is -0.333 e. The van der Waals surface area contributed by atoms with E-state index in [1.807, 2.05) is 6.07 Å². The van der Waals surface area contributed by atoms with Crippen molar-refractivity contribution in [3.63, 3.8) is 0 Å². The number of carbonyl (C=O) groups excluding carboxylic acids is 1. The lowest BCUT2D eigenvalue weighted by atomic mass is 10.0. The maximum absolute atomic E-state index is 12.8. The zero-order valence-corrected chi connectivity index (χ0v) is 13.5. The van der Waals surface area contributed by atoms with Crippen molar-refractivity contribution in [1.29, 1.82) is 0 Å². The molecule has 3 rings (SSSR count). The number of nitrogens with one attached hydrogen (secondary N) is 1. The molecule has 2 aromatic rings. The zero-order valence-electron chi connectivity index (χ0n) is 13.5. The van der Waals surface area contributed by atoms with Gasteiger partial charge in [-0.05, 0) is 23.3 Å². The smallest absolute Gasteiger partial charge is 0.333 e. The van der Waals surface area contributed by atoms with E-state index in [0.29, 0.717) is 25.2 Å². The molecule has 25 heavy (non-hydrogen) atoms. The average molecular weight is 349 g/mol. The molecule has 1 aliphatic rings. The summed E-state index contributed by atoms with van der Waals surface area (Å²) < 4.78 is 38.5. The molecule has 2 heterocycles. The Balaban J connectivity index is 1.77. The summed E-state index contributed by atoms with van der Waals surface area (Å²) in [5.74, 6) is -0.185. The van der Waals surface area contributed by atoms with E-state index in [2.05, 4.69) is 10.3 Å². The van der Waals surface area contributed by atoms with Crippen LogP contribution in [0.3, 0.4) is 0 Å². The number of carbonyl (C=O) groups is 1. The van der Waals surface area contributed by atoms with E-state index in [-0.39, 0.29) is 18.4 Å². The van der Waals surface area contributed by atoms with Gasteiger partial charge in [0.15, 0.2) is 0 Å². The fourth-order valence-electron chi connectivity index (χ4n) is 3.01. The Morgan fingerprint density at radius 1 is 1.28 bits per heavy atom. The maximum atomic E-state index is 12.8. The molecule has 4 nitrogen and oxygen atoms in total. The molecule has 1 saturated heterocycles. The van der Waals surface area contributed by atoms with Gasteiger partial charge in [-0.3, -0.25) is 9.78 Å². The molecule has 1 amide bonds. The standard InChI is InChI=1S/C18H18F3N3O/c19-18(20,21)15-5-1-3-13(9-15)10-17(25)24-8-7-23-12-16(24)14-4-2-6-22-11-14/h1-6,9,11,16,23H,7-8,10,12H2. The van der Waals surface area contributed by atoms with E-state index in [1.165, 1.54) is 6.07 Å². The Morgan fingerprint density at radius 3 is 2.84 bits per heavy atom. The summed E-state index contributed by atoms with van der Waals surface area (Å²) in [6.07, 6.45) is -1.09. The number of pyridine rings is 1. The Kier molecular flexibility index (Phi) is 5.03. The number of piperazine rings is 1. The van der Waals surface area contributed by atoms with Crippen molar-refractivity contribution in [2.24, 2.45) is 0 Å². The summed E-state index contributed by atoms with van der Waals surface area (Å²) in [6, 6.07) is 8.47. The molecule has 1 N–H and O–H groups in total. The first-order valence-electron chi connectivity index (χ1n) is 8.01. The van der Waals surface area contributed by atoms with E-state index in [9.17, 15) is 18.0 Å². The summed E-state index contributed by atoms with van der Waals surface area (Å²) >= 11 is 0. The van der Waals surface area contributed by atoms with E-state index < -0.39 is 11.7 Å². The van der Waals surface area contributed by atoms with Crippen molar-refractivity contribution < 1.29 is 18.0 Å². The van der Waals surface area contributed by atoms with Crippen LogP contribution in [-0.4, -0.2) is 35.4 Å². The first-order valence-corrected chi connectivity index (χ1v) is 8.01. The number of hydrogen-bond acceptors (Lipinski definition) is 3. The highest BCUT2D eigenvalue weighted by atomic mass is 19.4. The number of amides is 1. The van der Waals surface area contributed by atoms with E-state index in [4.69, 9.17) is 0 Å². The van der Waals surface area contributed by atoms with Crippen molar-refractivity contribution in [2.75, 3.05) is 19.6 Å². The van der Waals surface area contributed by atoms with Crippen LogP contribution in [0.15, 0.2) is 48.8 Å². The van der Waals surface area contributed by atoms with Gasteiger partial charge in [-0.1, -0.05) is 24.3 Å². The highest BCUT2D eigenvalue weighted by Gasteiger charge is 2.31. The van der Waals surface area contributed by atoms with Crippen LogP contribution in [0.1, 0.15) is 22.7 Å². The first kappa shape index (κ1) is 17.4. The van der Waals surface area contributed by atoms with Gasteiger partial charge in [-0.15, -0.1) is 0 Å². The average Bonchev–Trinajstić information content (AvgIpc) is 2.62. The molecule has 1 aromatic heterocycles. The van der Waals surface area contributed by atoms with Gasteiger partial charge in [-0.25, -0.2) is 0 Å². The van der Waals surface area contributed by atoms with Crippen molar-refractivity contribution in [1.82, 2.24) is 15.2 Å². The largest absolute Gasteiger partial charge is 0.416 e. The van der Waals surface area contributed by atoms with Gasteiger partial charge < -0.3 is 10.2 Å². The third-order valence-electron chi connectivity index (χ3n) is 4.24. The fraction of sp³-hybridized carbons (Fsp3) is 0.333. The van der Waals surface area contributed by atoms with Gasteiger partial charge in [0.05, 0.1) is 18.0 Å². The van der Waals surface area contributed by atoms with Crippen LogP contribution in [0.25, 0.3) is 0 Å². The minimum absolute atomic E-state index is 0.0549. The van der Waals surface area contributed by atoms with Gasteiger partial charge in [0.25, 0.3) is 0 Å². The molecular formula is C18H18F3N3O. The third-order valence-corrected chi connectivity index (χ3v) is 4.24. The molecule has 1 aromatic carbocycles. The second kappa shape index (κ2) is 7.23. The second-order valence-electron chi connectivity index (χ2n) is 5.97. The minimum atomic E-state index is -4.41. The maximum Gasteiger partial charge on any atom is 0.416 e. The molecule has 0 aliphatic carbocycles. The second-order valence-corrected chi connectivity index (χ2v) is 5.97. The summed E-state index contributed by atoms with van der Waals surface area (Å²) in [5, 5.41) is 3.24. The van der Waals surface area contributed by atoms with Crippen LogP contribution in [0.4, 0.5) is 13.2 Å². The normalized spacial score (nSPS) is 18.2. The lowest BCUT2D eigenvalue weighted by Crippen LogP contribution is -2.49. The fourth-order valence-corrected chi connectivity index (χ4v) is 3.01. The number of rotatable bonds is 3. The van der Waals surface area contributed by atoms with E-state index >= 15 is 0 Å². The molecule has 0 spiro atoms. The lowest BCUT2D eigenvalue weighted by molar-refractivity contribution is -0.138. The quantitative estimate of drug-likeness (QED) is 0.927. The molecule has 0 radical (unpaired) electrons. The molecule has 1 fully saturated rings. The Bertz CT molecular complexity index is 734. The number of halogens is 3. The van der Waals surface area contributed by atoms with Crippen LogP contribution in [0.5, 0.6) is 0 Å². The Morgan fingerprint density at radius 2 is 2.12 bits per heavy atom. The van der Waals surface area contributed by atoms with Crippen molar-refractivity contribution in [3.8, 4) is 0 Å². The van der Waals surface area contributed by atoms with Crippen LogP contribution < -0.4 is 5.32 Å². The number of hydrogen-bond donors (Lipinski definition) is 1. The topological polar surface area (TPSA) is 45.2 Å². The summed E-state index contributed by atoms with van der Waals surface area (Å²) in [6.45, 7) is 1.77. The molecule has 1 aliphatic heterocycles. The number of aromatic nitrogens is 1. The van der Waals surface area contributed by atoms with E-state index in [0.717, 1.165) is 17.7 Å². The Hall–Kier alpha value is -2.41. The molecule has 1 atom stereocenters. The molecular weight excluding hydrogens is 331 g/mol. The lowest BCUT2D eigenvalue weighted by Gasteiger charge is -2.36. The highest BCUT2D eigenvalue weighted by Crippen LogP contribution is 2.30. The summed E-state index contributed by atoms with van der Waals surface area (Å²) in [4.78, 5) is 18.5. The van der Waals surface area contributed by atoms with Crippen molar-refractivity contribution in [3.05, 3.63) is 65.5 Å². The molecule has 7 heteroatoms. The van der Waals surface area contributed by atoms with Gasteiger partial charge in [0, 0.05) is 32.0 Å². The van der Waals surface area contributed by atoms with Crippen molar-refractivity contribution >= 4 is 5.91 Å². The summed E-state index contributed by atoms with van der Waals surface area (Å²) in [5.41, 5.74) is 0.539. The monoisotopic (exact) mass is 349 g/mol. The molecule has 0 bridgehead atoms. The first-order chi connectivity index (χ1) is 11.9. The van der Waals surface area contributed by atoms with Gasteiger partial charge in [0.2, 0.25) is 5.91 Å². The SMILES string of the molecule is O=C(Cc1cccc(C(F)(F)F)c1)N1CCNCC1c1cccnc1. The van der Waals surface area contributed by atoms with Gasteiger partial charge >= 0.3 is 6.18 Å². The van der Waals surface area contributed by atoms with Crippen molar-refractivity contribution in [2.45, 2.75) is 18.6 Å².